The molecule has 0 atom stereocenters. The summed E-state index contributed by atoms with van der Waals surface area (Å²) in [7, 11) is 0. The van der Waals surface area contributed by atoms with Gasteiger partial charge < -0.3 is 9.84 Å². The van der Waals surface area contributed by atoms with Gasteiger partial charge in [-0.2, -0.15) is 0 Å². The van der Waals surface area contributed by atoms with E-state index in [0.29, 0.717) is 11.3 Å². The van der Waals surface area contributed by atoms with Crippen LogP contribution in [0.15, 0.2) is 36.4 Å². The van der Waals surface area contributed by atoms with Crippen molar-refractivity contribution >= 4 is 11.8 Å². The zero-order chi connectivity index (χ0) is 15.6. The zero-order valence-electron chi connectivity index (χ0n) is 11.5. The lowest BCUT2D eigenvalue weighted by Gasteiger charge is -2.09. The summed E-state index contributed by atoms with van der Waals surface area (Å²) in [5.74, 6) is -1.62. The van der Waals surface area contributed by atoms with Gasteiger partial charge in [-0.25, -0.2) is 9.18 Å². The Bertz CT molecular complexity index is 722. The number of ketones is 1. The summed E-state index contributed by atoms with van der Waals surface area (Å²) >= 11 is 0. The summed E-state index contributed by atoms with van der Waals surface area (Å²) in [6.07, 6.45) is 0. The molecule has 0 fully saturated rings. The van der Waals surface area contributed by atoms with Crippen molar-refractivity contribution in [3.63, 3.8) is 0 Å². The number of rotatable bonds is 4. The predicted octanol–water partition coefficient (Wildman–Crippen LogP) is 3.83. The van der Waals surface area contributed by atoms with Crippen LogP contribution in [0.4, 0.5) is 4.39 Å². The number of carboxylic acid groups (broad SMARTS) is 1. The third-order valence-electron chi connectivity index (χ3n) is 2.99. The summed E-state index contributed by atoms with van der Waals surface area (Å²) < 4.78 is 19.2. The predicted molar refractivity (Wildman–Crippen MR) is 74.6 cm³/mol. The lowest BCUT2D eigenvalue weighted by Crippen LogP contribution is -2.00. The molecule has 0 unspecified atom stereocenters. The zero-order valence-corrected chi connectivity index (χ0v) is 11.5. The highest BCUT2D eigenvalue weighted by Crippen LogP contribution is 2.27. The number of hydrogen-bond acceptors (Lipinski definition) is 3. The highest BCUT2D eigenvalue weighted by Gasteiger charge is 2.11. The van der Waals surface area contributed by atoms with Gasteiger partial charge in [-0.1, -0.05) is 0 Å². The van der Waals surface area contributed by atoms with Crippen molar-refractivity contribution < 1.29 is 23.8 Å². The quantitative estimate of drug-likeness (QED) is 0.868. The molecular weight excluding hydrogens is 275 g/mol. The number of hydrogen-bond donors (Lipinski definition) is 1. The largest absolute Gasteiger partial charge is 0.478 e. The standard InChI is InChI=1S/C16H13FO4/c1-9-7-12(4-5-13(9)16(19)20)21-15-6-3-11(10(2)18)8-14(15)17/h3-8H,1-2H3,(H,19,20). The number of aryl methyl sites for hydroxylation is 1. The minimum absolute atomic E-state index is 0.0255. The second-order valence-corrected chi connectivity index (χ2v) is 4.59. The molecule has 4 nitrogen and oxygen atoms in total. The van der Waals surface area contributed by atoms with E-state index in [1.165, 1.54) is 37.3 Å². The maximum atomic E-state index is 13.8. The molecule has 2 aromatic rings. The molecule has 5 heteroatoms. The van der Waals surface area contributed by atoms with Gasteiger partial charge in [0.25, 0.3) is 0 Å². The lowest BCUT2D eigenvalue weighted by molar-refractivity contribution is 0.0696. The van der Waals surface area contributed by atoms with Crippen LogP contribution in [0.2, 0.25) is 0 Å². The number of carbonyl (C=O) groups excluding carboxylic acids is 1. The summed E-state index contributed by atoms with van der Waals surface area (Å²) in [5.41, 5.74) is 0.938. The van der Waals surface area contributed by atoms with Crippen LogP contribution in [-0.4, -0.2) is 16.9 Å². The molecule has 0 saturated carbocycles. The van der Waals surface area contributed by atoms with Crippen molar-refractivity contribution in [1.29, 1.82) is 0 Å². The molecule has 0 aliphatic carbocycles. The van der Waals surface area contributed by atoms with Crippen LogP contribution in [0.5, 0.6) is 11.5 Å². The molecule has 0 heterocycles. The Labute approximate surface area is 120 Å². The van der Waals surface area contributed by atoms with Gasteiger partial charge >= 0.3 is 5.97 Å². The summed E-state index contributed by atoms with van der Waals surface area (Å²) in [6, 6.07) is 8.31. The van der Waals surface area contributed by atoms with Crippen LogP contribution in [-0.2, 0) is 0 Å². The van der Waals surface area contributed by atoms with E-state index in [9.17, 15) is 14.0 Å². The Kier molecular flexibility index (Phi) is 4.03. The fraction of sp³-hybridized carbons (Fsp3) is 0.125. The first-order valence-electron chi connectivity index (χ1n) is 6.21. The van der Waals surface area contributed by atoms with E-state index < -0.39 is 11.8 Å². The molecule has 0 saturated heterocycles. The number of Topliss-reactive ketones (excluding diaryl/α,β-unsaturated/α-hetero) is 1. The van der Waals surface area contributed by atoms with Gasteiger partial charge in [0.15, 0.2) is 17.3 Å². The molecule has 0 radical (unpaired) electrons. The SMILES string of the molecule is CC(=O)c1ccc(Oc2ccc(C(=O)O)c(C)c2)c(F)c1. The van der Waals surface area contributed by atoms with Gasteiger partial charge in [0, 0.05) is 5.56 Å². The fourth-order valence-electron chi connectivity index (χ4n) is 1.87. The van der Waals surface area contributed by atoms with E-state index in [1.54, 1.807) is 6.92 Å². The normalized spacial score (nSPS) is 10.2. The summed E-state index contributed by atoms with van der Waals surface area (Å²) in [4.78, 5) is 22.1. The van der Waals surface area contributed by atoms with Crippen molar-refractivity contribution in [2.24, 2.45) is 0 Å². The maximum Gasteiger partial charge on any atom is 0.335 e. The van der Waals surface area contributed by atoms with E-state index in [4.69, 9.17) is 9.84 Å². The lowest BCUT2D eigenvalue weighted by atomic mass is 10.1. The first-order valence-corrected chi connectivity index (χ1v) is 6.21. The minimum atomic E-state index is -1.03. The van der Waals surface area contributed by atoms with Gasteiger partial charge in [0.05, 0.1) is 5.56 Å². The van der Waals surface area contributed by atoms with E-state index >= 15 is 0 Å². The first-order chi connectivity index (χ1) is 9.88. The van der Waals surface area contributed by atoms with Crippen LogP contribution < -0.4 is 4.74 Å². The highest BCUT2D eigenvalue weighted by molar-refractivity contribution is 5.94. The number of aromatic carboxylic acids is 1. The van der Waals surface area contributed by atoms with E-state index in [1.807, 2.05) is 0 Å². The Morgan fingerprint density at radius 3 is 2.38 bits per heavy atom. The van der Waals surface area contributed by atoms with Crippen molar-refractivity contribution in [1.82, 2.24) is 0 Å². The molecule has 21 heavy (non-hydrogen) atoms. The van der Waals surface area contributed by atoms with Crippen LogP contribution in [0.1, 0.15) is 33.2 Å². The van der Waals surface area contributed by atoms with Crippen LogP contribution in [0.3, 0.4) is 0 Å². The summed E-state index contributed by atoms with van der Waals surface area (Å²) in [6.45, 7) is 2.98. The molecule has 108 valence electrons. The number of halogens is 1. The molecule has 0 aromatic heterocycles. The Hall–Kier alpha value is -2.69. The van der Waals surface area contributed by atoms with E-state index in [-0.39, 0.29) is 22.7 Å². The van der Waals surface area contributed by atoms with Crippen molar-refractivity contribution in [3.05, 3.63) is 58.9 Å². The molecule has 0 aliphatic rings. The average Bonchev–Trinajstić information content (AvgIpc) is 2.40. The molecule has 0 amide bonds. The second-order valence-electron chi connectivity index (χ2n) is 4.59. The molecular formula is C16H13FO4. The molecule has 2 rings (SSSR count). The molecule has 2 aromatic carbocycles. The molecule has 0 bridgehead atoms. The second kappa shape index (κ2) is 5.75. The first kappa shape index (κ1) is 14.7. The number of carbonyl (C=O) groups is 2. The number of benzene rings is 2. The van der Waals surface area contributed by atoms with Gasteiger partial charge in [0.1, 0.15) is 5.75 Å². The van der Waals surface area contributed by atoms with E-state index in [2.05, 4.69) is 0 Å². The smallest absolute Gasteiger partial charge is 0.335 e. The topological polar surface area (TPSA) is 63.6 Å². The number of carboxylic acids is 1. The molecule has 1 N–H and O–H groups in total. The van der Waals surface area contributed by atoms with Gasteiger partial charge in [0.2, 0.25) is 0 Å². The van der Waals surface area contributed by atoms with Crippen molar-refractivity contribution in [2.45, 2.75) is 13.8 Å². The van der Waals surface area contributed by atoms with Crippen LogP contribution in [0, 0.1) is 12.7 Å². The van der Waals surface area contributed by atoms with Crippen molar-refractivity contribution in [3.8, 4) is 11.5 Å². The Morgan fingerprint density at radius 2 is 1.86 bits per heavy atom. The fourth-order valence-corrected chi connectivity index (χ4v) is 1.87. The third-order valence-corrected chi connectivity index (χ3v) is 2.99. The van der Waals surface area contributed by atoms with Crippen molar-refractivity contribution in [2.75, 3.05) is 0 Å². The Balaban J connectivity index is 2.28. The Morgan fingerprint density at radius 1 is 1.14 bits per heavy atom. The number of ether oxygens (including phenoxy) is 1. The van der Waals surface area contributed by atoms with Gasteiger partial charge in [-0.3, -0.25) is 4.79 Å². The molecule has 0 aliphatic heterocycles. The molecule has 0 spiro atoms. The maximum absolute atomic E-state index is 13.8. The van der Waals surface area contributed by atoms with Gasteiger partial charge in [-0.15, -0.1) is 0 Å². The monoisotopic (exact) mass is 288 g/mol. The summed E-state index contributed by atoms with van der Waals surface area (Å²) in [5, 5.41) is 8.94. The van der Waals surface area contributed by atoms with E-state index in [0.717, 1.165) is 6.07 Å². The third kappa shape index (κ3) is 3.25. The van der Waals surface area contributed by atoms with Crippen LogP contribution in [0.25, 0.3) is 0 Å². The highest BCUT2D eigenvalue weighted by atomic mass is 19.1. The van der Waals surface area contributed by atoms with Gasteiger partial charge in [-0.05, 0) is 55.8 Å². The average molecular weight is 288 g/mol. The van der Waals surface area contributed by atoms with Crippen LogP contribution >= 0.6 is 0 Å². The minimum Gasteiger partial charge on any atom is -0.478 e.